The number of hydrogen-bond acceptors (Lipinski definition) is 4. The molecular weight excluding hydrogens is 212 g/mol. The third kappa shape index (κ3) is 2.40. The van der Waals surface area contributed by atoms with Gasteiger partial charge in [-0.2, -0.15) is 5.26 Å². The number of nitriles is 1. The Morgan fingerprint density at radius 1 is 1.41 bits per heavy atom. The molecule has 1 saturated heterocycles. The van der Waals surface area contributed by atoms with Crippen molar-refractivity contribution in [2.75, 3.05) is 32.1 Å². The van der Waals surface area contributed by atoms with Gasteiger partial charge >= 0.3 is 0 Å². The van der Waals surface area contributed by atoms with Crippen molar-refractivity contribution in [3.8, 4) is 6.07 Å². The molecule has 90 valence electrons. The molecule has 0 spiro atoms. The summed E-state index contributed by atoms with van der Waals surface area (Å²) in [6.45, 7) is 4.25. The minimum absolute atomic E-state index is 0.489. The van der Waals surface area contributed by atoms with E-state index < -0.39 is 0 Å². The number of hydrogen-bond donors (Lipinski definition) is 0. The fraction of sp³-hybridized carbons (Fsp3) is 0.538. The molecule has 0 amide bonds. The molecule has 1 fully saturated rings. The zero-order valence-electron chi connectivity index (χ0n) is 10.6. The molecule has 4 nitrogen and oxygen atoms in total. The Morgan fingerprint density at radius 2 is 2.18 bits per heavy atom. The van der Waals surface area contributed by atoms with E-state index in [2.05, 4.69) is 41.9 Å². The highest BCUT2D eigenvalue weighted by Gasteiger charge is 2.31. The summed E-state index contributed by atoms with van der Waals surface area (Å²) in [5, 5.41) is 8.86. The van der Waals surface area contributed by atoms with Crippen LogP contribution in [0, 0.1) is 17.2 Å². The monoisotopic (exact) mass is 230 g/mol. The van der Waals surface area contributed by atoms with Gasteiger partial charge in [0.05, 0.1) is 0 Å². The molecule has 0 N–H and O–H groups in total. The van der Waals surface area contributed by atoms with Crippen LogP contribution in [0.3, 0.4) is 0 Å². The molecule has 2 atom stereocenters. The van der Waals surface area contributed by atoms with E-state index in [0.29, 0.717) is 17.7 Å². The van der Waals surface area contributed by atoms with Crippen molar-refractivity contribution in [2.24, 2.45) is 5.92 Å². The SMILES string of the molecule is CC1CN(c2cccc(C#N)n2)CC1N(C)C. The predicted molar refractivity (Wildman–Crippen MR) is 67.8 cm³/mol. The Morgan fingerprint density at radius 3 is 2.76 bits per heavy atom. The average molecular weight is 230 g/mol. The van der Waals surface area contributed by atoms with Crippen LogP contribution in [-0.2, 0) is 0 Å². The molecule has 1 aliphatic rings. The van der Waals surface area contributed by atoms with E-state index in [-0.39, 0.29) is 0 Å². The molecule has 1 aromatic heterocycles. The van der Waals surface area contributed by atoms with E-state index in [1.54, 1.807) is 6.07 Å². The minimum Gasteiger partial charge on any atom is -0.355 e. The first-order valence-electron chi connectivity index (χ1n) is 5.90. The maximum absolute atomic E-state index is 8.86. The summed E-state index contributed by atoms with van der Waals surface area (Å²) >= 11 is 0. The number of likely N-dealkylation sites (N-methyl/N-ethyl adjacent to an activating group) is 1. The van der Waals surface area contributed by atoms with Gasteiger partial charge in [0, 0.05) is 19.1 Å². The van der Waals surface area contributed by atoms with Crippen molar-refractivity contribution >= 4 is 5.82 Å². The van der Waals surface area contributed by atoms with E-state index in [4.69, 9.17) is 5.26 Å². The number of aromatic nitrogens is 1. The largest absolute Gasteiger partial charge is 0.355 e. The van der Waals surface area contributed by atoms with Gasteiger partial charge in [0.15, 0.2) is 0 Å². The predicted octanol–water partition coefficient (Wildman–Crippen LogP) is 1.34. The summed E-state index contributed by atoms with van der Waals surface area (Å²) < 4.78 is 0. The van der Waals surface area contributed by atoms with Crippen LogP contribution in [0.2, 0.25) is 0 Å². The minimum atomic E-state index is 0.489. The molecule has 1 aliphatic heterocycles. The van der Waals surface area contributed by atoms with Gasteiger partial charge in [-0.15, -0.1) is 0 Å². The Balaban J connectivity index is 2.17. The first-order chi connectivity index (χ1) is 8.11. The van der Waals surface area contributed by atoms with Crippen molar-refractivity contribution in [1.82, 2.24) is 9.88 Å². The zero-order chi connectivity index (χ0) is 12.4. The quantitative estimate of drug-likeness (QED) is 0.769. The van der Waals surface area contributed by atoms with E-state index in [1.165, 1.54) is 0 Å². The topological polar surface area (TPSA) is 43.2 Å². The van der Waals surface area contributed by atoms with E-state index in [1.807, 2.05) is 12.1 Å². The lowest BCUT2D eigenvalue weighted by molar-refractivity contribution is 0.266. The molecule has 0 radical (unpaired) electrons. The van der Waals surface area contributed by atoms with Gasteiger partial charge in [-0.25, -0.2) is 4.98 Å². The second kappa shape index (κ2) is 4.72. The van der Waals surface area contributed by atoms with Gasteiger partial charge in [-0.3, -0.25) is 0 Å². The van der Waals surface area contributed by atoms with Crippen molar-refractivity contribution < 1.29 is 0 Å². The molecule has 0 saturated carbocycles. The van der Waals surface area contributed by atoms with E-state index in [0.717, 1.165) is 18.9 Å². The third-order valence-electron chi connectivity index (χ3n) is 3.41. The summed E-state index contributed by atoms with van der Waals surface area (Å²) in [5.41, 5.74) is 0.489. The van der Waals surface area contributed by atoms with Crippen LogP contribution in [0.15, 0.2) is 18.2 Å². The fourth-order valence-electron chi connectivity index (χ4n) is 2.47. The van der Waals surface area contributed by atoms with Gasteiger partial charge in [0.25, 0.3) is 0 Å². The van der Waals surface area contributed by atoms with Crippen LogP contribution < -0.4 is 4.90 Å². The standard InChI is InChI=1S/C13H18N4/c1-10-8-17(9-12(10)16(2)3)13-6-4-5-11(7-14)15-13/h4-6,10,12H,8-9H2,1-3H3. The molecule has 0 bridgehead atoms. The highest BCUT2D eigenvalue weighted by Crippen LogP contribution is 2.24. The number of pyridine rings is 1. The molecule has 0 aromatic carbocycles. The summed E-state index contributed by atoms with van der Waals surface area (Å²) in [4.78, 5) is 8.87. The van der Waals surface area contributed by atoms with Crippen LogP contribution in [-0.4, -0.2) is 43.1 Å². The molecule has 1 aromatic rings. The van der Waals surface area contributed by atoms with Crippen LogP contribution in [0.1, 0.15) is 12.6 Å². The summed E-state index contributed by atoms with van der Waals surface area (Å²) in [5.74, 6) is 1.54. The Hall–Kier alpha value is -1.60. The lowest BCUT2D eigenvalue weighted by atomic mass is 10.1. The zero-order valence-corrected chi connectivity index (χ0v) is 10.6. The van der Waals surface area contributed by atoms with Crippen molar-refractivity contribution in [1.29, 1.82) is 5.26 Å². The van der Waals surface area contributed by atoms with Gasteiger partial charge in [0.2, 0.25) is 0 Å². The summed E-state index contributed by atoms with van der Waals surface area (Å²) in [6, 6.07) is 8.26. The summed E-state index contributed by atoms with van der Waals surface area (Å²) in [7, 11) is 4.23. The first kappa shape index (κ1) is 11.9. The summed E-state index contributed by atoms with van der Waals surface area (Å²) in [6.07, 6.45) is 0. The Labute approximate surface area is 102 Å². The maximum Gasteiger partial charge on any atom is 0.142 e. The lowest BCUT2D eigenvalue weighted by Gasteiger charge is -2.22. The van der Waals surface area contributed by atoms with Crippen LogP contribution in [0.5, 0.6) is 0 Å². The molecule has 17 heavy (non-hydrogen) atoms. The van der Waals surface area contributed by atoms with Crippen molar-refractivity contribution in [3.05, 3.63) is 23.9 Å². The van der Waals surface area contributed by atoms with E-state index in [9.17, 15) is 0 Å². The maximum atomic E-state index is 8.86. The Bertz CT molecular complexity index is 435. The first-order valence-corrected chi connectivity index (χ1v) is 5.90. The van der Waals surface area contributed by atoms with Crippen LogP contribution in [0.4, 0.5) is 5.82 Å². The fourth-order valence-corrected chi connectivity index (χ4v) is 2.47. The second-order valence-corrected chi connectivity index (χ2v) is 4.91. The Kier molecular flexibility index (Phi) is 3.30. The molecule has 2 unspecified atom stereocenters. The number of anilines is 1. The van der Waals surface area contributed by atoms with Crippen molar-refractivity contribution in [2.45, 2.75) is 13.0 Å². The van der Waals surface area contributed by atoms with Gasteiger partial charge in [-0.05, 0) is 32.1 Å². The normalized spacial score (nSPS) is 24.1. The lowest BCUT2D eigenvalue weighted by Crippen LogP contribution is -2.34. The van der Waals surface area contributed by atoms with Crippen LogP contribution >= 0.6 is 0 Å². The smallest absolute Gasteiger partial charge is 0.142 e. The third-order valence-corrected chi connectivity index (χ3v) is 3.41. The number of nitrogens with zero attached hydrogens (tertiary/aromatic N) is 4. The van der Waals surface area contributed by atoms with Gasteiger partial charge < -0.3 is 9.80 Å². The molecule has 4 heteroatoms. The molecule has 2 heterocycles. The van der Waals surface area contributed by atoms with E-state index >= 15 is 0 Å². The second-order valence-electron chi connectivity index (χ2n) is 4.91. The van der Waals surface area contributed by atoms with Crippen LogP contribution in [0.25, 0.3) is 0 Å². The number of rotatable bonds is 2. The highest BCUT2D eigenvalue weighted by atomic mass is 15.3. The highest BCUT2D eigenvalue weighted by molar-refractivity contribution is 5.43. The molecule has 2 rings (SSSR count). The van der Waals surface area contributed by atoms with Gasteiger partial charge in [-0.1, -0.05) is 13.0 Å². The average Bonchev–Trinajstić information content (AvgIpc) is 2.71. The molecular formula is C13H18N4. The molecule has 0 aliphatic carbocycles. The van der Waals surface area contributed by atoms with Crippen molar-refractivity contribution in [3.63, 3.8) is 0 Å². The van der Waals surface area contributed by atoms with Gasteiger partial charge in [0.1, 0.15) is 17.6 Å².